The SMILES string of the molecule is CC.CC(C)(C)OC(=O)N1C2CCC(CC2)C1C(=O)N[C@H](C#N)Cc1ccc(-c2ccc3c(c2)NC(=O)C3)cc1. The summed E-state index contributed by atoms with van der Waals surface area (Å²) in [6.07, 6.45) is 3.85. The van der Waals surface area contributed by atoms with Crippen molar-refractivity contribution in [1.82, 2.24) is 10.2 Å². The lowest BCUT2D eigenvalue weighted by atomic mass is 9.74. The molecule has 212 valence electrons. The fourth-order valence-electron chi connectivity index (χ4n) is 5.92. The van der Waals surface area contributed by atoms with Crippen LogP contribution in [0, 0.1) is 17.2 Å². The number of carbonyl (C=O) groups excluding carboxylic acids is 3. The van der Waals surface area contributed by atoms with E-state index in [0.717, 1.165) is 53.6 Å². The summed E-state index contributed by atoms with van der Waals surface area (Å²) < 4.78 is 5.64. The Morgan fingerprint density at radius 3 is 2.35 bits per heavy atom. The summed E-state index contributed by atoms with van der Waals surface area (Å²) in [4.78, 5) is 39.7. The number of nitrogens with one attached hydrogen (secondary N) is 2. The van der Waals surface area contributed by atoms with Gasteiger partial charge in [0.2, 0.25) is 11.8 Å². The Balaban J connectivity index is 0.00000181. The molecule has 2 aromatic rings. The molecule has 4 aliphatic rings. The van der Waals surface area contributed by atoms with E-state index in [0.29, 0.717) is 12.8 Å². The third kappa shape index (κ3) is 6.47. The van der Waals surface area contributed by atoms with Crippen molar-refractivity contribution >= 4 is 23.6 Å². The van der Waals surface area contributed by atoms with E-state index in [2.05, 4.69) is 16.7 Å². The number of hydrogen-bond donors (Lipinski definition) is 2. The third-order valence-electron chi connectivity index (χ3n) is 7.69. The molecule has 2 saturated heterocycles. The van der Waals surface area contributed by atoms with Crippen LogP contribution in [0.15, 0.2) is 42.5 Å². The highest BCUT2D eigenvalue weighted by Crippen LogP contribution is 2.40. The van der Waals surface area contributed by atoms with Gasteiger partial charge in [-0.25, -0.2) is 4.79 Å². The second-order valence-corrected chi connectivity index (χ2v) is 11.6. The van der Waals surface area contributed by atoms with Crippen molar-refractivity contribution < 1.29 is 19.1 Å². The molecule has 2 aromatic carbocycles. The number of piperidine rings is 2. The van der Waals surface area contributed by atoms with E-state index in [4.69, 9.17) is 4.74 Å². The van der Waals surface area contributed by atoms with Crippen LogP contribution in [-0.4, -0.2) is 46.5 Å². The van der Waals surface area contributed by atoms with E-state index >= 15 is 0 Å². The number of fused-ring (bicyclic) bond motifs is 4. The van der Waals surface area contributed by atoms with E-state index in [-0.39, 0.29) is 23.8 Å². The minimum atomic E-state index is -0.718. The monoisotopic (exact) mass is 544 g/mol. The van der Waals surface area contributed by atoms with Crippen molar-refractivity contribution in [2.24, 2.45) is 5.92 Å². The molecule has 1 saturated carbocycles. The van der Waals surface area contributed by atoms with Gasteiger partial charge >= 0.3 is 6.09 Å². The molecular weight excluding hydrogens is 504 g/mol. The van der Waals surface area contributed by atoms with Gasteiger partial charge in [0, 0.05) is 18.2 Å². The van der Waals surface area contributed by atoms with Crippen molar-refractivity contribution in [3.8, 4) is 17.2 Å². The number of hydrogen-bond acceptors (Lipinski definition) is 5. The van der Waals surface area contributed by atoms with Crippen LogP contribution in [-0.2, 0) is 27.2 Å². The van der Waals surface area contributed by atoms with Gasteiger partial charge in [-0.3, -0.25) is 14.5 Å². The van der Waals surface area contributed by atoms with E-state index < -0.39 is 23.8 Å². The van der Waals surface area contributed by atoms with Crippen LogP contribution in [0.4, 0.5) is 10.5 Å². The quantitative estimate of drug-likeness (QED) is 0.509. The fourth-order valence-corrected chi connectivity index (χ4v) is 5.92. The van der Waals surface area contributed by atoms with Crippen LogP contribution in [0.2, 0.25) is 0 Å². The molecule has 0 spiro atoms. The molecule has 1 unspecified atom stereocenters. The fraction of sp³-hybridized carbons (Fsp3) is 0.500. The zero-order valence-electron chi connectivity index (χ0n) is 24.1. The molecular formula is C32H40N4O4. The average Bonchev–Trinajstić information content (AvgIpc) is 3.32. The van der Waals surface area contributed by atoms with E-state index in [1.54, 1.807) is 4.90 Å². The van der Waals surface area contributed by atoms with Gasteiger partial charge < -0.3 is 15.4 Å². The summed E-state index contributed by atoms with van der Waals surface area (Å²) in [5.74, 6) is -0.204. The smallest absolute Gasteiger partial charge is 0.411 e. The van der Waals surface area contributed by atoms with Crippen molar-refractivity contribution in [2.75, 3.05) is 5.32 Å². The van der Waals surface area contributed by atoms with Crippen molar-refractivity contribution in [3.05, 3.63) is 53.6 Å². The topological polar surface area (TPSA) is 112 Å². The number of benzene rings is 2. The van der Waals surface area contributed by atoms with Gasteiger partial charge in [0.1, 0.15) is 17.7 Å². The number of rotatable bonds is 5. The third-order valence-corrected chi connectivity index (χ3v) is 7.69. The number of carbonyl (C=O) groups is 3. The zero-order chi connectivity index (χ0) is 29.0. The number of anilines is 1. The average molecular weight is 545 g/mol. The maximum Gasteiger partial charge on any atom is 0.411 e. The van der Waals surface area contributed by atoms with Crippen LogP contribution in [0.5, 0.6) is 0 Å². The summed E-state index contributed by atoms with van der Waals surface area (Å²) in [6, 6.07) is 14.7. The summed E-state index contributed by atoms with van der Waals surface area (Å²) in [7, 11) is 0. The molecule has 2 atom stereocenters. The maximum absolute atomic E-state index is 13.4. The lowest BCUT2D eigenvalue weighted by Crippen LogP contribution is -2.64. The predicted octanol–water partition coefficient (Wildman–Crippen LogP) is 5.60. The molecule has 3 aliphatic heterocycles. The minimum Gasteiger partial charge on any atom is -0.444 e. The number of ether oxygens (including phenoxy) is 1. The molecule has 6 rings (SSSR count). The van der Waals surface area contributed by atoms with Crippen LogP contribution in [0.1, 0.15) is 71.4 Å². The Morgan fingerprint density at radius 2 is 1.73 bits per heavy atom. The first-order valence-corrected chi connectivity index (χ1v) is 14.3. The van der Waals surface area contributed by atoms with Gasteiger partial charge in [0.05, 0.1) is 12.5 Å². The first-order valence-electron chi connectivity index (χ1n) is 14.3. The van der Waals surface area contributed by atoms with Crippen molar-refractivity contribution in [3.63, 3.8) is 0 Å². The summed E-state index contributed by atoms with van der Waals surface area (Å²) in [5.41, 5.74) is 4.12. The second kappa shape index (κ2) is 12.1. The molecule has 0 radical (unpaired) electrons. The van der Waals surface area contributed by atoms with Gasteiger partial charge in [-0.1, -0.05) is 50.2 Å². The van der Waals surface area contributed by atoms with Gasteiger partial charge in [-0.15, -0.1) is 0 Å². The number of nitriles is 1. The Morgan fingerprint density at radius 1 is 1.07 bits per heavy atom. The van der Waals surface area contributed by atoms with Crippen molar-refractivity contribution in [2.45, 2.75) is 96.9 Å². The Hall–Kier alpha value is -3.86. The lowest BCUT2D eigenvalue weighted by molar-refractivity contribution is -0.135. The largest absolute Gasteiger partial charge is 0.444 e. The normalized spacial score (nSPS) is 21.8. The second-order valence-electron chi connectivity index (χ2n) is 11.6. The Labute approximate surface area is 237 Å². The molecule has 40 heavy (non-hydrogen) atoms. The molecule has 0 aromatic heterocycles. The summed E-state index contributed by atoms with van der Waals surface area (Å²) in [6.45, 7) is 9.46. The van der Waals surface area contributed by atoms with E-state index in [1.807, 2.05) is 77.1 Å². The standard InChI is InChI=1S/C30H34N4O4.C2H6/c1-30(2,3)38-29(37)34-24-12-10-20(11-13-24)27(34)28(36)32-23(17-31)14-18-4-6-19(7-5-18)21-8-9-22-16-26(35)33-25(22)15-21;1-2/h4-9,15,20,23-24,27H,10-14,16H2,1-3H3,(H,32,36)(H,33,35);1-2H3/t20?,23-,24?,27?;/m0./s1. The molecule has 1 aliphatic carbocycles. The molecule has 2 bridgehead atoms. The molecule has 8 heteroatoms. The van der Waals surface area contributed by atoms with Crippen molar-refractivity contribution in [1.29, 1.82) is 5.26 Å². The molecule has 3 fully saturated rings. The van der Waals surface area contributed by atoms with E-state index in [1.165, 1.54) is 0 Å². The highest BCUT2D eigenvalue weighted by atomic mass is 16.6. The lowest BCUT2D eigenvalue weighted by Gasteiger charge is -2.50. The first-order chi connectivity index (χ1) is 19.1. The molecule has 3 amide bonds. The Bertz CT molecular complexity index is 1280. The van der Waals surface area contributed by atoms with Gasteiger partial charge in [-0.2, -0.15) is 5.26 Å². The summed E-state index contributed by atoms with van der Waals surface area (Å²) >= 11 is 0. The van der Waals surface area contributed by atoms with Gasteiger partial charge in [0.15, 0.2) is 0 Å². The van der Waals surface area contributed by atoms with Crippen LogP contribution < -0.4 is 10.6 Å². The van der Waals surface area contributed by atoms with E-state index in [9.17, 15) is 19.6 Å². The molecule has 3 heterocycles. The van der Waals surface area contributed by atoms with Crippen LogP contribution in [0.3, 0.4) is 0 Å². The Kier molecular flexibility index (Phi) is 8.82. The van der Waals surface area contributed by atoms with Crippen LogP contribution in [0.25, 0.3) is 11.1 Å². The first kappa shape index (κ1) is 29.1. The zero-order valence-corrected chi connectivity index (χ0v) is 24.1. The highest BCUT2D eigenvalue weighted by molar-refractivity contribution is 6.00. The minimum absolute atomic E-state index is 0.00682. The molecule has 8 nitrogen and oxygen atoms in total. The van der Waals surface area contributed by atoms with Crippen LogP contribution >= 0.6 is 0 Å². The van der Waals surface area contributed by atoms with Gasteiger partial charge in [-0.05, 0) is 80.7 Å². The van der Waals surface area contributed by atoms with Gasteiger partial charge in [0.25, 0.3) is 0 Å². The predicted molar refractivity (Wildman–Crippen MR) is 154 cm³/mol. The highest BCUT2D eigenvalue weighted by Gasteiger charge is 2.49. The number of nitrogens with zero attached hydrogens (tertiary/aromatic N) is 2. The summed E-state index contributed by atoms with van der Waals surface area (Å²) in [5, 5.41) is 15.6. The maximum atomic E-state index is 13.4. The number of amides is 3. The molecule has 2 N–H and O–H groups in total.